The van der Waals surface area contributed by atoms with Crippen molar-refractivity contribution in [3.8, 4) is 0 Å². The summed E-state index contributed by atoms with van der Waals surface area (Å²) in [4.78, 5) is 13.3. The Morgan fingerprint density at radius 1 is 1.47 bits per heavy atom. The highest BCUT2D eigenvalue weighted by atomic mass is 32.2. The highest BCUT2D eigenvalue weighted by Gasteiger charge is 2.22. The van der Waals surface area contributed by atoms with E-state index in [0.29, 0.717) is 0 Å². The number of hydrogen-bond acceptors (Lipinski definition) is 3. The van der Waals surface area contributed by atoms with E-state index in [0.717, 1.165) is 12.2 Å². The summed E-state index contributed by atoms with van der Waals surface area (Å²) in [5.74, 6) is 1.06. The van der Waals surface area contributed by atoms with E-state index >= 15 is 0 Å². The van der Waals surface area contributed by atoms with Crippen molar-refractivity contribution in [3.05, 3.63) is 0 Å². The second kappa shape index (κ2) is 6.26. The molecule has 0 saturated carbocycles. The Labute approximate surface area is 97.5 Å². The van der Waals surface area contributed by atoms with Crippen LogP contribution in [0.2, 0.25) is 0 Å². The van der Waals surface area contributed by atoms with Crippen LogP contribution in [0, 0.1) is 0 Å². The van der Waals surface area contributed by atoms with Crippen molar-refractivity contribution >= 4 is 17.9 Å². The number of amides is 1. The lowest BCUT2D eigenvalue weighted by Gasteiger charge is -2.28. The molecule has 0 aromatic heterocycles. The number of nitrogens with zero attached hydrogens (tertiary/aromatic N) is 1. The summed E-state index contributed by atoms with van der Waals surface area (Å²) >= 11 is 1.79. The van der Waals surface area contributed by atoms with E-state index in [1.165, 1.54) is 0 Å². The SMILES string of the molecule is CSCCC(C)N(C)C(=O)OC(C)(C)C. The van der Waals surface area contributed by atoms with Crippen molar-refractivity contribution in [2.24, 2.45) is 0 Å². The summed E-state index contributed by atoms with van der Waals surface area (Å²) in [5, 5.41) is 0. The summed E-state index contributed by atoms with van der Waals surface area (Å²) in [5.41, 5.74) is -0.412. The fourth-order valence-corrected chi connectivity index (χ4v) is 1.57. The number of carbonyl (C=O) groups excluding carboxylic acids is 1. The molecule has 0 aliphatic rings. The van der Waals surface area contributed by atoms with Crippen molar-refractivity contribution in [3.63, 3.8) is 0 Å². The molecule has 0 heterocycles. The molecular formula is C11H23NO2S. The zero-order valence-corrected chi connectivity index (χ0v) is 11.5. The summed E-state index contributed by atoms with van der Waals surface area (Å²) in [6, 6.07) is 0.229. The number of carbonyl (C=O) groups is 1. The highest BCUT2D eigenvalue weighted by molar-refractivity contribution is 7.98. The maximum atomic E-state index is 11.7. The smallest absolute Gasteiger partial charge is 0.410 e. The largest absolute Gasteiger partial charge is 0.444 e. The van der Waals surface area contributed by atoms with Crippen LogP contribution in [-0.2, 0) is 4.74 Å². The molecule has 0 aromatic rings. The minimum atomic E-state index is -0.412. The number of rotatable bonds is 4. The average Bonchev–Trinajstić information content (AvgIpc) is 2.10. The van der Waals surface area contributed by atoms with Crippen LogP contribution < -0.4 is 0 Å². The van der Waals surface area contributed by atoms with E-state index in [2.05, 4.69) is 6.26 Å². The molecule has 0 fully saturated rings. The Kier molecular flexibility index (Phi) is 6.10. The van der Waals surface area contributed by atoms with Crippen molar-refractivity contribution in [1.82, 2.24) is 4.90 Å². The summed E-state index contributed by atoms with van der Waals surface area (Å²) in [7, 11) is 1.79. The molecule has 0 aromatic carbocycles. The lowest BCUT2D eigenvalue weighted by atomic mass is 10.2. The van der Waals surface area contributed by atoms with Crippen molar-refractivity contribution in [1.29, 1.82) is 0 Å². The highest BCUT2D eigenvalue weighted by Crippen LogP contribution is 2.12. The van der Waals surface area contributed by atoms with E-state index in [-0.39, 0.29) is 12.1 Å². The second-order valence-electron chi connectivity index (χ2n) is 4.72. The Bertz CT molecular complexity index is 201. The fraction of sp³-hybridized carbons (Fsp3) is 0.909. The maximum Gasteiger partial charge on any atom is 0.410 e. The van der Waals surface area contributed by atoms with Gasteiger partial charge in [0.05, 0.1) is 0 Å². The fourth-order valence-electron chi connectivity index (χ4n) is 0.996. The number of ether oxygens (including phenoxy) is 1. The van der Waals surface area contributed by atoms with Crippen LogP contribution in [0.3, 0.4) is 0 Å². The Hall–Kier alpha value is -0.380. The number of thioether (sulfide) groups is 1. The van der Waals surface area contributed by atoms with Gasteiger partial charge in [0.25, 0.3) is 0 Å². The van der Waals surface area contributed by atoms with Crippen molar-refractivity contribution in [2.75, 3.05) is 19.1 Å². The third kappa shape index (κ3) is 6.66. The molecule has 0 rings (SSSR count). The molecule has 3 nitrogen and oxygen atoms in total. The van der Waals surface area contributed by atoms with Crippen LogP contribution in [0.1, 0.15) is 34.1 Å². The first-order valence-electron chi connectivity index (χ1n) is 5.22. The summed E-state index contributed by atoms with van der Waals surface area (Å²) < 4.78 is 5.28. The molecule has 1 amide bonds. The van der Waals surface area contributed by atoms with Crippen LogP contribution in [0.4, 0.5) is 4.79 Å². The van der Waals surface area contributed by atoms with E-state index in [1.54, 1.807) is 23.7 Å². The number of hydrogen-bond donors (Lipinski definition) is 0. The van der Waals surface area contributed by atoms with Gasteiger partial charge >= 0.3 is 6.09 Å². The van der Waals surface area contributed by atoms with E-state index in [1.807, 2.05) is 27.7 Å². The molecule has 0 aliphatic heterocycles. The molecule has 0 bridgehead atoms. The molecule has 0 spiro atoms. The van der Waals surface area contributed by atoms with E-state index in [9.17, 15) is 4.79 Å². The van der Waals surface area contributed by atoms with Gasteiger partial charge in [-0.3, -0.25) is 0 Å². The molecule has 0 aliphatic carbocycles. The molecule has 1 unspecified atom stereocenters. The molecule has 4 heteroatoms. The molecular weight excluding hydrogens is 210 g/mol. The topological polar surface area (TPSA) is 29.5 Å². The first kappa shape index (κ1) is 14.6. The van der Waals surface area contributed by atoms with Crippen molar-refractivity contribution < 1.29 is 9.53 Å². The van der Waals surface area contributed by atoms with Crippen LogP contribution >= 0.6 is 11.8 Å². The lowest BCUT2D eigenvalue weighted by Crippen LogP contribution is -2.39. The Morgan fingerprint density at radius 3 is 2.40 bits per heavy atom. The molecule has 0 radical (unpaired) electrons. The van der Waals surface area contributed by atoms with Gasteiger partial charge in [-0.05, 0) is 46.1 Å². The van der Waals surface area contributed by atoms with Gasteiger partial charge in [0.1, 0.15) is 5.60 Å². The third-order valence-electron chi connectivity index (χ3n) is 2.08. The Morgan fingerprint density at radius 2 is 2.00 bits per heavy atom. The molecule has 15 heavy (non-hydrogen) atoms. The third-order valence-corrected chi connectivity index (χ3v) is 2.73. The molecule has 0 N–H and O–H groups in total. The van der Waals surface area contributed by atoms with E-state index < -0.39 is 5.60 Å². The monoisotopic (exact) mass is 233 g/mol. The molecule has 1 atom stereocenters. The van der Waals surface area contributed by atoms with Crippen LogP contribution in [-0.4, -0.2) is 41.7 Å². The zero-order chi connectivity index (χ0) is 12.1. The van der Waals surface area contributed by atoms with Crippen LogP contribution in [0.5, 0.6) is 0 Å². The first-order chi connectivity index (χ1) is 6.78. The van der Waals surface area contributed by atoms with Gasteiger partial charge in [-0.15, -0.1) is 0 Å². The second-order valence-corrected chi connectivity index (χ2v) is 5.71. The normalized spacial score (nSPS) is 13.5. The van der Waals surface area contributed by atoms with Gasteiger partial charge in [-0.2, -0.15) is 11.8 Å². The minimum absolute atomic E-state index is 0.229. The van der Waals surface area contributed by atoms with Gasteiger partial charge in [0.2, 0.25) is 0 Å². The van der Waals surface area contributed by atoms with Crippen molar-refractivity contribution in [2.45, 2.75) is 45.8 Å². The lowest BCUT2D eigenvalue weighted by molar-refractivity contribution is 0.0234. The quantitative estimate of drug-likeness (QED) is 0.747. The minimum Gasteiger partial charge on any atom is -0.444 e. The van der Waals surface area contributed by atoms with Gasteiger partial charge in [0, 0.05) is 13.1 Å². The molecule has 90 valence electrons. The Balaban J connectivity index is 4.08. The van der Waals surface area contributed by atoms with Gasteiger partial charge < -0.3 is 9.64 Å². The summed E-state index contributed by atoms with van der Waals surface area (Å²) in [6.45, 7) is 7.68. The zero-order valence-electron chi connectivity index (χ0n) is 10.7. The first-order valence-corrected chi connectivity index (χ1v) is 6.62. The van der Waals surface area contributed by atoms with Crippen LogP contribution in [0.15, 0.2) is 0 Å². The standard InChI is InChI=1S/C11H23NO2S/c1-9(7-8-15-6)12(5)10(13)14-11(2,3)4/h9H,7-8H2,1-6H3. The predicted molar refractivity (Wildman–Crippen MR) is 66.5 cm³/mol. The van der Waals surface area contributed by atoms with E-state index in [4.69, 9.17) is 4.74 Å². The van der Waals surface area contributed by atoms with Gasteiger partial charge in [-0.25, -0.2) is 4.79 Å². The average molecular weight is 233 g/mol. The van der Waals surface area contributed by atoms with Gasteiger partial charge in [0.15, 0.2) is 0 Å². The maximum absolute atomic E-state index is 11.7. The predicted octanol–water partition coefficient (Wildman–Crippen LogP) is 2.99. The van der Waals surface area contributed by atoms with Gasteiger partial charge in [-0.1, -0.05) is 0 Å². The molecule has 0 saturated heterocycles. The van der Waals surface area contributed by atoms with Crippen LogP contribution in [0.25, 0.3) is 0 Å². The summed E-state index contributed by atoms with van der Waals surface area (Å²) in [6.07, 6.45) is 2.83.